The SMILES string of the molecule is CON=C(C(=O)OS(=O)(=O)c1ccc(C)cc1)c1csc(NC(c2ccccc2)(c2ccccc2)c2ccccc2)n1. The van der Waals surface area contributed by atoms with Crippen molar-refractivity contribution in [1.29, 1.82) is 0 Å². The Balaban J connectivity index is 1.53. The molecule has 0 atom stereocenters. The van der Waals surface area contributed by atoms with E-state index in [1.165, 1.54) is 30.6 Å². The molecule has 0 aliphatic heterocycles. The first kappa shape index (κ1) is 28.7. The number of hydrogen-bond acceptors (Lipinski definition) is 9. The third-order valence-corrected chi connectivity index (χ3v) is 8.51. The molecule has 0 amide bonds. The molecule has 5 aromatic rings. The van der Waals surface area contributed by atoms with E-state index in [9.17, 15) is 13.2 Å². The van der Waals surface area contributed by atoms with Gasteiger partial charge in [-0.05, 0) is 35.7 Å². The molecule has 212 valence electrons. The summed E-state index contributed by atoms with van der Waals surface area (Å²) < 4.78 is 30.5. The summed E-state index contributed by atoms with van der Waals surface area (Å²) in [5, 5.41) is 9.43. The lowest BCUT2D eigenvalue weighted by molar-refractivity contribution is -0.126. The van der Waals surface area contributed by atoms with Crippen molar-refractivity contribution in [2.45, 2.75) is 17.4 Å². The lowest BCUT2D eigenvalue weighted by Crippen LogP contribution is -2.38. The van der Waals surface area contributed by atoms with E-state index >= 15 is 0 Å². The maximum atomic E-state index is 13.1. The minimum Gasteiger partial charge on any atom is -0.398 e. The van der Waals surface area contributed by atoms with Gasteiger partial charge in [-0.1, -0.05) is 114 Å². The van der Waals surface area contributed by atoms with E-state index in [2.05, 4.69) is 15.5 Å². The van der Waals surface area contributed by atoms with Crippen molar-refractivity contribution in [3.63, 3.8) is 0 Å². The molecular weight excluding hydrogens is 571 g/mol. The molecule has 0 radical (unpaired) electrons. The standard InChI is InChI=1S/C32H27N3O5S2/c1-23-18-20-27(21-19-23)42(37,38)40-30(36)29(35-39-2)28-22-41-31(33-28)34-32(24-12-6-3-7-13-24,25-14-8-4-9-15-25)26-16-10-5-11-17-26/h3-22H,1-2H3,(H,33,34). The molecule has 0 bridgehead atoms. The fourth-order valence-electron chi connectivity index (χ4n) is 4.55. The quantitative estimate of drug-likeness (QED) is 0.0892. The summed E-state index contributed by atoms with van der Waals surface area (Å²) in [4.78, 5) is 22.4. The number of carbonyl (C=O) groups is 1. The van der Waals surface area contributed by atoms with Crippen LogP contribution in [0.2, 0.25) is 0 Å². The number of benzene rings is 4. The molecular formula is C32H27N3O5S2. The summed E-state index contributed by atoms with van der Waals surface area (Å²) in [7, 11) is -3.16. The Morgan fingerprint density at radius 2 is 1.31 bits per heavy atom. The molecule has 0 fully saturated rings. The number of aromatic nitrogens is 1. The van der Waals surface area contributed by atoms with E-state index in [0.717, 1.165) is 22.3 Å². The average Bonchev–Trinajstić information content (AvgIpc) is 3.48. The van der Waals surface area contributed by atoms with Crippen molar-refractivity contribution >= 4 is 38.3 Å². The van der Waals surface area contributed by atoms with Crippen LogP contribution in [0.15, 0.2) is 131 Å². The Morgan fingerprint density at radius 1 is 0.810 bits per heavy atom. The van der Waals surface area contributed by atoms with Gasteiger partial charge >= 0.3 is 16.1 Å². The lowest BCUT2D eigenvalue weighted by atomic mass is 9.77. The highest BCUT2D eigenvalue weighted by molar-refractivity contribution is 7.87. The van der Waals surface area contributed by atoms with Crippen LogP contribution in [-0.2, 0) is 29.5 Å². The van der Waals surface area contributed by atoms with Crippen LogP contribution < -0.4 is 5.32 Å². The van der Waals surface area contributed by atoms with Gasteiger partial charge < -0.3 is 14.3 Å². The number of carbonyl (C=O) groups excluding carboxylic acids is 1. The first-order valence-electron chi connectivity index (χ1n) is 12.9. The Bertz CT molecular complexity index is 1690. The predicted octanol–water partition coefficient (Wildman–Crippen LogP) is 6.14. The number of nitrogens with one attached hydrogen (secondary N) is 1. The number of aryl methyl sites for hydroxylation is 1. The highest BCUT2D eigenvalue weighted by atomic mass is 32.2. The van der Waals surface area contributed by atoms with Gasteiger partial charge in [0, 0.05) is 5.38 Å². The van der Waals surface area contributed by atoms with Crippen LogP contribution in [-0.4, -0.2) is 32.2 Å². The summed E-state index contributed by atoms with van der Waals surface area (Å²) in [6, 6.07) is 35.9. The van der Waals surface area contributed by atoms with Gasteiger partial charge in [0.1, 0.15) is 23.2 Å². The number of rotatable bonds is 10. The molecule has 5 rings (SSSR count). The molecule has 0 saturated heterocycles. The minimum atomic E-state index is -4.40. The van der Waals surface area contributed by atoms with Crippen molar-refractivity contribution in [3.05, 3.63) is 149 Å². The van der Waals surface area contributed by atoms with Gasteiger partial charge in [0.2, 0.25) is 5.71 Å². The number of oxime groups is 1. The van der Waals surface area contributed by atoms with Crippen LogP contribution in [0.5, 0.6) is 0 Å². The van der Waals surface area contributed by atoms with Gasteiger partial charge in [-0.2, -0.15) is 8.42 Å². The number of thiazole rings is 1. The predicted molar refractivity (Wildman–Crippen MR) is 163 cm³/mol. The zero-order valence-electron chi connectivity index (χ0n) is 22.8. The van der Waals surface area contributed by atoms with Crippen LogP contribution in [0.4, 0.5) is 5.13 Å². The Labute approximate surface area is 248 Å². The maximum Gasteiger partial charge on any atom is 0.378 e. The second kappa shape index (κ2) is 12.4. The topological polar surface area (TPSA) is 107 Å². The smallest absolute Gasteiger partial charge is 0.378 e. The van der Waals surface area contributed by atoms with E-state index < -0.39 is 21.6 Å². The monoisotopic (exact) mass is 597 g/mol. The summed E-state index contributed by atoms with van der Waals surface area (Å²) in [5.41, 5.74) is 2.61. The molecule has 1 aromatic heterocycles. The van der Waals surface area contributed by atoms with E-state index in [-0.39, 0.29) is 16.3 Å². The van der Waals surface area contributed by atoms with Gasteiger partial charge in [-0.3, -0.25) is 0 Å². The molecule has 0 saturated carbocycles. The van der Waals surface area contributed by atoms with Crippen molar-refractivity contribution in [2.24, 2.45) is 5.16 Å². The molecule has 10 heteroatoms. The van der Waals surface area contributed by atoms with Crippen molar-refractivity contribution in [2.75, 3.05) is 12.4 Å². The van der Waals surface area contributed by atoms with Crippen molar-refractivity contribution < 1.29 is 22.2 Å². The van der Waals surface area contributed by atoms with Gasteiger partial charge in [0.15, 0.2) is 5.13 Å². The van der Waals surface area contributed by atoms with Gasteiger partial charge in [0.25, 0.3) is 0 Å². The zero-order valence-corrected chi connectivity index (χ0v) is 24.4. The summed E-state index contributed by atoms with van der Waals surface area (Å²) in [6.45, 7) is 1.82. The van der Waals surface area contributed by atoms with Crippen LogP contribution in [0, 0.1) is 6.92 Å². The molecule has 0 spiro atoms. The second-order valence-electron chi connectivity index (χ2n) is 9.27. The van der Waals surface area contributed by atoms with Crippen LogP contribution in [0.1, 0.15) is 27.9 Å². The van der Waals surface area contributed by atoms with E-state index in [4.69, 9.17) is 9.02 Å². The summed E-state index contributed by atoms with van der Waals surface area (Å²) >= 11 is 1.23. The summed E-state index contributed by atoms with van der Waals surface area (Å²) in [5.74, 6) is -1.21. The number of hydrogen-bond donors (Lipinski definition) is 1. The normalized spacial score (nSPS) is 12.0. The fraction of sp³-hybridized carbons (Fsp3) is 0.0938. The molecule has 42 heavy (non-hydrogen) atoms. The second-order valence-corrected chi connectivity index (χ2v) is 11.7. The lowest BCUT2D eigenvalue weighted by Gasteiger charge is -2.36. The minimum absolute atomic E-state index is 0.0940. The third-order valence-electron chi connectivity index (χ3n) is 6.53. The van der Waals surface area contributed by atoms with Gasteiger partial charge in [0.05, 0.1) is 0 Å². The zero-order chi connectivity index (χ0) is 29.6. The fourth-order valence-corrected chi connectivity index (χ4v) is 6.15. The maximum absolute atomic E-state index is 13.1. The number of anilines is 1. The van der Waals surface area contributed by atoms with Gasteiger partial charge in [-0.25, -0.2) is 9.78 Å². The van der Waals surface area contributed by atoms with Crippen molar-refractivity contribution in [1.82, 2.24) is 4.98 Å². The first-order chi connectivity index (χ1) is 20.3. The summed E-state index contributed by atoms with van der Waals surface area (Å²) in [6.07, 6.45) is 0. The molecule has 0 aliphatic carbocycles. The highest BCUT2D eigenvalue weighted by Gasteiger charge is 2.37. The highest BCUT2D eigenvalue weighted by Crippen LogP contribution is 2.40. The van der Waals surface area contributed by atoms with Gasteiger partial charge in [-0.15, -0.1) is 11.3 Å². The average molecular weight is 598 g/mol. The molecule has 0 unspecified atom stereocenters. The molecule has 0 aliphatic rings. The number of nitrogens with zero attached hydrogens (tertiary/aromatic N) is 2. The Morgan fingerprint density at radius 3 is 1.79 bits per heavy atom. The molecule has 1 N–H and O–H groups in total. The van der Waals surface area contributed by atoms with E-state index in [0.29, 0.717) is 5.13 Å². The van der Waals surface area contributed by atoms with Crippen LogP contribution >= 0.6 is 11.3 Å². The molecule has 8 nitrogen and oxygen atoms in total. The Kier molecular flexibility index (Phi) is 8.46. The Hall–Kier alpha value is -4.80. The van der Waals surface area contributed by atoms with Crippen molar-refractivity contribution in [3.8, 4) is 0 Å². The molecule has 4 aromatic carbocycles. The third kappa shape index (κ3) is 5.95. The molecule has 1 heterocycles. The first-order valence-corrected chi connectivity index (χ1v) is 15.2. The van der Waals surface area contributed by atoms with Crippen LogP contribution in [0.25, 0.3) is 0 Å². The van der Waals surface area contributed by atoms with Crippen LogP contribution in [0.3, 0.4) is 0 Å². The van der Waals surface area contributed by atoms with E-state index in [1.54, 1.807) is 17.5 Å². The van der Waals surface area contributed by atoms with E-state index in [1.807, 2.05) is 97.9 Å². The largest absolute Gasteiger partial charge is 0.398 e.